The Balaban J connectivity index is 1.68. The van der Waals surface area contributed by atoms with Crippen molar-refractivity contribution in [1.29, 1.82) is 5.26 Å². The molecule has 1 aliphatic rings. The van der Waals surface area contributed by atoms with E-state index in [1.165, 1.54) is 9.79 Å². The summed E-state index contributed by atoms with van der Waals surface area (Å²) in [6, 6.07) is 12.6. The Kier molecular flexibility index (Phi) is 7.07. The summed E-state index contributed by atoms with van der Waals surface area (Å²) in [5.41, 5.74) is 1.16. The molecule has 1 amide bonds. The summed E-state index contributed by atoms with van der Waals surface area (Å²) in [6.45, 7) is 0.0772. The fourth-order valence-corrected chi connectivity index (χ4v) is 5.72. The molecule has 0 saturated heterocycles. The Bertz CT molecular complexity index is 752. The molecular formula is C20H22N2OS3. The van der Waals surface area contributed by atoms with E-state index in [2.05, 4.69) is 46.4 Å². The smallest absolute Gasteiger partial charge is 0.224 e. The second-order valence-corrected chi connectivity index (χ2v) is 8.99. The van der Waals surface area contributed by atoms with Gasteiger partial charge in [-0.3, -0.25) is 4.79 Å². The Morgan fingerprint density at radius 2 is 2.04 bits per heavy atom. The van der Waals surface area contributed by atoms with Crippen LogP contribution in [0.5, 0.6) is 0 Å². The molecule has 1 heterocycles. The second-order valence-electron chi connectivity index (χ2n) is 6.51. The van der Waals surface area contributed by atoms with Gasteiger partial charge in [0.1, 0.15) is 6.54 Å². The molecule has 3 atom stereocenters. The van der Waals surface area contributed by atoms with E-state index in [1.807, 2.05) is 6.07 Å². The average Bonchev–Trinajstić information content (AvgIpc) is 3.19. The Hall–Kier alpha value is -1.42. The van der Waals surface area contributed by atoms with Crippen molar-refractivity contribution in [3.8, 4) is 6.07 Å². The highest BCUT2D eigenvalue weighted by atomic mass is 32.2. The summed E-state index contributed by atoms with van der Waals surface area (Å²) in [5, 5.41) is 15.7. The maximum atomic E-state index is 12.4. The lowest BCUT2D eigenvalue weighted by Gasteiger charge is -2.34. The summed E-state index contributed by atoms with van der Waals surface area (Å²) in [5.74, 6) is 0.153. The van der Waals surface area contributed by atoms with Crippen LogP contribution in [0.15, 0.2) is 50.9 Å². The quantitative estimate of drug-likeness (QED) is 0.508. The van der Waals surface area contributed by atoms with E-state index in [1.54, 1.807) is 23.1 Å². The summed E-state index contributed by atoms with van der Waals surface area (Å²) in [7, 11) is 0. The molecule has 0 radical (unpaired) electrons. The summed E-state index contributed by atoms with van der Waals surface area (Å²) in [6.07, 6.45) is 4.09. The molecule has 2 aromatic rings. The van der Waals surface area contributed by atoms with Crippen molar-refractivity contribution in [3.63, 3.8) is 0 Å². The molecule has 1 fully saturated rings. The van der Waals surface area contributed by atoms with Gasteiger partial charge in [0.25, 0.3) is 0 Å². The molecule has 1 aromatic heterocycles. The Morgan fingerprint density at radius 1 is 1.27 bits per heavy atom. The van der Waals surface area contributed by atoms with Crippen LogP contribution >= 0.6 is 35.7 Å². The predicted molar refractivity (Wildman–Crippen MR) is 111 cm³/mol. The van der Waals surface area contributed by atoms with Crippen LogP contribution in [-0.4, -0.2) is 12.5 Å². The number of benzene rings is 1. The van der Waals surface area contributed by atoms with Gasteiger partial charge >= 0.3 is 0 Å². The SMILES string of the molecule is N#CCNC(=O)[C@H]1CCCC[C@@H]1C(S)c1ccc(Sc2ccsc2)cc1. The maximum Gasteiger partial charge on any atom is 0.224 e. The minimum atomic E-state index is -0.0561. The van der Waals surface area contributed by atoms with E-state index in [-0.39, 0.29) is 29.5 Å². The van der Waals surface area contributed by atoms with Crippen molar-refractivity contribution in [2.24, 2.45) is 11.8 Å². The van der Waals surface area contributed by atoms with E-state index in [0.717, 1.165) is 31.2 Å². The average molecular weight is 403 g/mol. The van der Waals surface area contributed by atoms with Gasteiger partial charge in [-0.15, -0.1) is 0 Å². The molecule has 3 rings (SSSR count). The van der Waals surface area contributed by atoms with Gasteiger partial charge in [0.05, 0.1) is 6.07 Å². The van der Waals surface area contributed by atoms with Crippen molar-refractivity contribution >= 4 is 41.6 Å². The number of nitrogens with one attached hydrogen (secondary N) is 1. The predicted octanol–water partition coefficient (Wildman–Crippen LogP) is 5.32. The third-order valence-corrected chi connectivity index (χ3v) is 7.37. The third-order valence-electron chi connectivity index (χ3n) is 4.86. The zero-order chi connectivity index (χ0) is 18.4. The van der Waals surface area contributed by atoms with E-state index in [4.69, 9.17) is 17.9 Å². The highest BCUT2D eigenvalue weighted by molar-refractivity contribution is 7.99. The normalized spacial score (nSPS) is 20.9. The summed E-state index contributed by atoms with van der Waals surface area (Å²) >= 11 is 8.34. The van der Waals surface area contributed by atoms with Gasteiger partial charge in [-0.1, -0.05) is 36.7 Å². The highest BCUT2D eigenvalue weighted by Gasteiger charge is 2.35. The first-order valence-electron chi connectivity index (χ1n) is 8.82. The molecule has 0 bridgehead atoms. The first-order valence-corrected chi connectivity index (χ1v) is 11.1. The van der Waals surface area contributed by atoms with Crippen LogP contribution in [0, 0.1) is 23.2 Å². The molecule has 0 spiro atoms. The number of amides is 1. The molecule has 1 N–H and O–H groups in total. The van der Waals surface area contributed by atoms with Gasteiger partial charge in [-0.05, 0) is 47.9 Å². The Morgan fingerprint density at radius 3 is 2.73 bits per heavy atom. The molecule has 1 saturated carbocycles. The molecule has 0 aliphatic heterocycles. The zero-order valence-electron chi connectivity index (χ0n) is 14.4. The summed E-state index contributed by atoms with van der Waals surface area (Å²) in [4.78, 5) is 14.9. The number of nitriles is 1. The van der Waals surface area contributed by atoms with Gasteiger partial charge in [0.15, 0.2) is 0 Å². The van der Waals surface area contributed by atoms with Gasteiger partial charge in [-0.2, -0.15) is 29.2 Å². The Labute approximate surface area is 168 Å². The van der Waals surface area contributed by atoms with Crippen molar-refractivity contribution in [1.82, 2.24) is 5.32 Å². The van der Waals surface area contributed by atoms with Crippen LogP contribution in [0.3, 0.4) is 0 Å². The molecule has 136 valence electrons. The molecule has 1 aliphatic carbocycles. The lowest BCUT2D eigenvalue weighted by Crippen LogP contribution is -2.38. The molecule has 3 nitrogen and oxygen atoms in total. The van der Waals surface area contributed by atoms with Crippen LogP contribution in [0.2, 0.25) is 0 Å². The first-order chi connectivity index (χ1) is 12.7. The van der Waals surface area contributed by atoms with Gasteiger partial charge in [0.2, 0.25) is 5.91 Å². The fraction of sp³-hybridized carbons (Fsp3) is 0.400. The molecule has 1 aromatic carbocycles. The maximum absolute atomic E-state index is 12.4. The number of hydrogen-bond acceptors (Lipinski definition) is 5. The van der Waals surface area contributed by atoms with Crippen LogP contribution < -0.4 is 5.32 Å². The topological polar surface area (TPSA) is 52.9 Å². The van der Waals surface area contributed by atoms with Crippen molar-refractivity contribution < 1.29 is 4.79 Å². The number of hydrogen-bond donors (Lipinski definition) is 2. The number of nitrogens with zero attached hydrogens (tertiary/aromatic N) is 1. The van der Waals surface area contributed by atoms with Gasteiger partial charge < -0.3 is 5.32 Å². The second kappa shape index (κ2) is 9.50. The minimum absolute atomic E-state index is 0.0000616. The van der Waals surface area contributed by atoms with Crippen LogP contribution in [0.1, 0.15) is 36.5 Å². The van der Waals surface area contributed by atoms with E-state index >= 15 is 0 Å². The van der Waals surface area contributed by atoms with E-state index in [9.17, 15) is 4.79 Å². The minimum Gasteiger partial charge on any atom is -0.343 e. The molecular weight excluding hydrogens is 380 g/mol. The molecule has 6 heteroatoms. The number of rotatable bonds is 6. The van der Waals surface area contributed by atoms with Gasteiger partial charge in [0, 0.05) is 26.3 Å². The van der Waals surface area contributed by atoms with Crippen molar-refractivity contribution in [2.75, 3.05) is 6.54 Å². The highest BCUT2D eigenvalue weighted by Crippen LogP contribution is 2.42. The molecule has 26 heavy (non-hydrogen) atoms. The van der Waals surface area contributed by atoms with Gasteiger partial charge in [-0.25, -0.2) is 0 Å². The summed E-state index contributed by atoms with van der Waals surface area (Å²) < 4.78 is 0. The van der Waals surface area contributed by atoms with Crippen LogP contribution in [0.25, 0.3) is 0 Å². The van der Waals surface area contributed by atoms with Crippen molar-refractivity contribution in [3.05, 3.63) is 46.7 Å². The fourth-order valence-electron chi connectivity index (χ4n) is 3.55. The largest absolute Gasteiger partial charge is 0.343 e. The monoisotopic (exact) mass is 402 g/mol. The third kappa shape index (κ3) is 4.85. The number of carbonyl (C=O) groups is 1. The number of thiol groups is 1. The number of thiophene rings is 1. The van der Waals surface area contributed by atoms with Crippen LogP contribution in [0.4, 0.5) is 0 Å². The van der Waals surface area contributed by atoms with E-state index < -0.39 is 0 Å². The zero-order valence-corrected chi connectivity index (χ0v) is 17.0. The molecule has 1 unspecified atom stereocenters. The van der Waals surface area contributed by atoms with Crippen molar-refractivity contribution in [2.45, 2.75) is 40.7 Å². The lowest BCUT2D eigenvalue weighted by molar-refractivity contribution is -0.127. The standard InChI is InChI=1S/C20H22N2OS3/c21-10-11-22-20(23)18-4-2-1-3-17(18)19(24)14-5-7-15(8-6-14)26-16-9-12-25-13-16/h5-9,12-13,17-19,24H,1-4,11H2,(H,22,23)/t17-,18-,19?/m0/s1. The first kappa shape index (κ1) is 19.3. The number of carbonyl (C=O) groups excluding carboxylic acids is 1. The lowest BCUT2D eigenvalue weighted by atomic mass is 9.75. The van der Waals surface area contributed by atoms with E-state index in [0.29, 0.717) is 0 Å². The van der Waals surface area contributed by atoms with Crippen LogP contribution in [-0.2, 0) is 4.79 Å².